The van der Waals surface area contributed by atoms with Gasteiger partial charge < -0.3 is 14.2 Å². The Morgan fingerprint density at radius 2 is 1.46 bits per heavy atom. The molecule has 1 N–H and O–H groups in total. The molecule has 0 unspecified atom stereocenters. The molecule has 8 nitrogen and oxygen atoms in total. The van der Waals surface area contributed by atoms with E-state index in [9.17, 15) is 4.79 Å². The van der Waals surface area contributed by atoms with Gasteiger partial charge in [-0.25, -0.2) is 9.89 Å². The minimum Gasteiger partial charge on any atom is -0.478 e. The van der Waals surface area contributed by atoms with E-state index in [1.54, 1.807) is 18.5 Å². The topological polar surface area (TPSA) is 91.3 Å². The number of carbonyl (C=O) groups is 1. The lowest BCUT2D eigenvalue weighted by Gasteiger charge is -2.18. The van der Waals surface area contributed by atoms with Crippen LogP contribution in [0.4, 0.5) is 4.79 Å². The largest absolute Gasteiger partial charge is 0.478 e. The molecule has 0 aromatic carbocycles. The van der Waals surface area contributed by atoms with Crippen molar-refractivity contribution in [3.8, 4) is 11.8 Å². The van der Waals surface area contributed by atoms with Crippen LogP contribution in [0.25, 0.3) is 0 Å². The summed E-state index contributed by atoms with van der Waals surface area (Å²) in [6, 6.07) is 3.61. The average molecular weight is 485 g/mol. The van der Waals surface area contributed by atoms with E-state index in [-0.39, 0.29) is 0 Å². The number of nitrogens with one attached hydrogen (secondary N) is 1. The molecule has 0 radical (unpaired) electrons. The van der Waals surface area contributed by atoms with Gasteiger partial charge in [0.2, 0.25) is 11.8 Å². The van der Waals surface area contributed by atoms with Gasteiger partial charge in [-0.2, -0.15) is 9.78 Å². The van der Waals surface area contributed by atoms with Crippen molar-refractivity contribution in [2.75, 3.05) is 13.2 Å². The van der Waals surface area contributed by atoms with Gasteiger partial charge in [-0.1, -0.05) is 0 Å². The summed E-state index contributed by atoms with van der Waals surface area (Å²) in [5.74, 6) is 6.38. The van der Waals surface area contributed by atoms with Gasteiger partial charge >= 0.3 is 6.09 Å². The van der Waals surface area contributed by atoms with Gasteiger partial charge in [0.05, 0.1) is 19.4 Å². The maximum atomic E-state index is 11.9. The lowest BCUT2D eigenvalue weighted by molar-refractivity contribution is 0.0511. The minimum atomic E-state index is -0.521. The molecule has 2 aromatic heterocycles. The van der Waals surface area contributed by atoms with Crippen LogP contribution in [-0.4, -0.2) is 44.9 Å². The highest BCUT2D eigenvalue weighted by Crippen LogP contribution is 2.50. The van der Waals surface area contributed by atoms with Crippen LogP contribution in [0.15, 0.2) is 24.5 Å². The van der Waals surface area contributed by atoms with Gasteiger partial charge in [-0.3, -0.25) is 0 Å². The van der Waals surface area contributed by atoms with E-state index >= 15 is 0 Å². The van der Waals surface area contributed by atoms with E-state index < -0.39 is 11.7 Å². The van der Waals surface area contributed by atoms with E-state index in [0.717, 1.165) is 48.7 Å². The Morgan fingerprint density at radius 3 is 1.94 bits per heavy atom. The zero-order valence-corrected chi connectivity index (χ0v) is 21.3. The zero-order valence-electron chi connectivity index (χ0n) is 21.3. The molecule has 4 bridgehead atoms. The summed E-state index contributed by atoms with van der Waals surface area (Å²) in [6.07, 6.45) is 14.0. The van der Waals surface area contributed by atoms with Crippen LogP contribution in [-0.2, 0) is 4.74 Å². The average Bonchev–Trinajstić information content (AvgIpc) is 3.66. The highest BCUT2D eigenvalue weighted by atomic mass is 16.6. The summed E-state index contributed by atoms with van der Waals surface area (Å²) in [7, 11) is 0. The second-order valence-corrected chi connectivity index (χ2v) is 11.8. The summed E-state index contributed by atoms with van der Waals surface area (Å²) in [5, 5.41) is 10.9. The molecule has 0 saturated heterocycles. The maximum Gasteiger partial charge on any atom is 0.435 e. The van der Waals surface area contributed by atoms with E-state index in [2.05, 4.69) is 15.3 Å². The van der Waals surface area contributed by atoms with Crippen molar-refractivity contribution in [3.63, 3.8) is 0 Å². The molecular weight excluding hydrogens is 444 g/mol. The molecule has 0 aliphatic heterocycles. The van der Waals surface area contributed by atoms with Gasteiger partial charge in [-0.15, -0.1) is 5.10 Å². The van der Waals surface area contributed by atoms with Crippen LogP contribution < -0.4 is 9.47 Å². The standard InChI is InChI=1S/C16H24N2O3.C11H16N2O/c1-16(2,3)21-15(19)18-9-8-14(17-18)20-10-13-11-4-5-12(13)7-6-11;1-2-9-4-3-8(1)10(9)7-14-11-5-6-12-13-11/h8-9,11-13H,4-7,10H2,1-3H3;5-6,8-10H,1-4,7H2,(H,12,13). The van der Waals surface area contributed by atoms with Crippen molar-refractivity contribution in [2.45, 2.75) is 77.7 Å². The Hall–Kier alpha value is -2.51. The fourth-order valence-electron chi connectivity index (χ4n) is 6.80. The minimum absolute atomic E-state index is 0.474. The van der Waals surface area contributed by atoms with Crippen molar-refractivity contribution in [2.24, 2.45) is 35.5 Å². The Kier molecular flexibility index (Phi) is 7.07. The molecule has 0 amide bonds. The van der Waals surface area contributed by atoms with Gasteiger partial charge in [-0.05, 0) is 108 Å². The molecule has 192 valence electrons. The molecule has 4 aliphatic rings. The normalized spacial score (nSPS) is 30.7. The fraction of sp³-hybridized carbons (Fsp3) is 0.741. The van der Waals surface area contributed by atoms with Crippen LogP contribution in [0.2, 0.25) is 0 Å². The molecule has 4 fully saturated rings. The Balaban J connectivity index is 0.000000156. The number of fused-ring (bicyclic) bond motifs is 4. The van der Waals surface area contributed by atoms with Crippen LogP contribution in [0.5, 0.6) is 11.8 Å². The lowest BCUT2D eigenvalue weighted by atomic mass is 9.99. The quantitative estimate of drug-likeness (QED) is 0.565. The predicted octanol–water partition coefficient (Wildman–Crippen LogP) is 5.71. The van der Waals surface area contributed by atoms with Crippen LogP contribution >= 0.6 is 0 Å². The Morgan fingerprint density at radius 1 is 0.914 bits per heavy atom. The third-order valence-corrected chi connectivity index (χ3v) is 8.53. The number of hydrogen-bond donors (Lipinski definition) is 1. The first-order valence-electron chi connectivity index (χ1n) is 13.4. The number of nitrogens with zero attached hydrogens (tertiary/aromatic N) is 3. The number of ether oxygens (including phenoxy) is 3. The SMILES string of the molecule is CC(C)(C)OC(=O)n1ccc(OCC2C3CCC2CC3)n1.c1cc(OCC2C3CCC2CC3)[nH]n1. The maximum absolute atomic E-state index is 11.9. The lowest BCUT2D eigenvalue weighted by Crippen LogP contribution is -2.27. The summed E-state index contributed by atoms with van der Waals surface area (Å²) >= 11 is 0. The number of H-pyrrole nitrogens is 1. The van der Waals surface area contributed by atoms with Crippen molar-refractivity contribution in [1.29, 1.82) is 0 Å². The zero-order chi connectivity index (χ0) is 24.4. The van der Waals surface area contributed by atoms with Gasteiger partial charge in [0.25, 0.3) is 0 Å². The van der Waals surface area contributed by atoms with E-state index in [0.29, 0.717) is 11.8 Å². The van der Waals surface area contributed by atoms with Crippen molar-refractivity contribution < 1.29 is 19.0 Å². The van der Waals surface area contributed by atoms with Crippen LogP contribution in [0, 0.1) is 35.5 Å². The summed E-state index contributed by atoms with van der Waals surface area (Å²) in [4.78, 5) is 11.9. The van der Waals surface area contributed by atoms with E-state index in [4.69, 9.17) is 14.2 Å². The highest BCUT2D eigenvalue weighted by molar-refractivity contribution is 5.69. The molecule has 0 atom stereocenters. The van der Waals surface area contributed by atoms with Gasteiger partial charge in [0, 0.05) is 18.3 Å². The molecule has 8 heteroatoms. The predicted molar refractivity (Wildman–Crippen MR) is 131 cm³/mol. The monoisotopic (exact) mass is 484 g/mol. The molecule has 4 saturated carbocycles. The Bertz CT molecular complexity index is 926. The fourth-order valence-corrected chi connectivity index (χ4v) is 6.80. The summed E-state index contributed by atoms with van der Waals surface area (Å²) in [6.45, 7) is 7.11. The second kappa shape index (κ2) is 10.2. The number of rotatable bonds is 6. The smallest absolute Gasteiger partial charge is 0.435 e. The summed E-state index contributed by atoms with van der Waals surface area (Å²) < 4.78 is 17.9. The first kappa shape index (κ1) is 24.2. The van der Waals surface area contributed by atoms with Crippen LogP contribution in [0.3, 0.4) is 0 Å². The van der Waals surface area contributed by atoms with E-state index in [1.807, 2.05) is 26.8 Å². The van der Waals surface area contributed by atoms with Crippen molar-refractivity contribution >= 4 is 6.09 Å². The molecule has 4 aliphatic carbocycles. The van der Waals surface area contributed by atoms with Crippen molar-refractivity contribution in [1.82, 2.24) is 20.0 Å². The molecule has 0 spiro atoms. The number of aromatic amines is 1. The van der Waals surface area contributed by atoms with Crippen LogP contribution in [0.1, 0.15) is 72.1 Å². The Labute approximate surface area is 208 Å². The van der Waals surface area contributed by atoms with Crippen molar-refractivity contribution in [3.05, 3.63) is 24.5 Å². The third-order valence-electron chi connectivity index (χ3n) is 8.53. The van der Waals surface area contributed by atoms with Gasteiger partial charge in [0.1, 0.15) is 5.60 Å². The molecule has 2 aromatic rings. The number of hydrogen-bond acceptors (Lipinski definition) is 6. The number of carbonyl (C=O) groups excluding carboxylic acids is 1. The molecule has 2 heterocycles. The highest BCUT2D eigenvalue weighted by Gasteiger charge is 2.42. The molecule has 35 heavy (non-hydrogen) atoms. The second-order valence-electron chi connectivity index (χ2n) is 11.8. The molecular formula is C27H40N4O4. The number of aromatic nitrogens is 4. The first-order valence-corrected chi connectivity index (χ1v) is 13.4. The third kappa shape index (κ3) is 5.84. The van der Waals surface area contributed by atoms with Gasteiger partial charge in [0.15, 0.2) is 0 Å². The molecule has 6 rings (SSSR count). The summed E-state index contributed by atoms with van der Waals surface area (Å²) in [5.41, 5.74) is -0.521. The van der Waals surface area contributed by atoms with E-state index in [1.165, 1.54) is 56.0 Å². The first-order chi connectivity index (χ1) is 16.9.